The Kier molecular flexibility index (Phi) is 10.7. The first-order valence-corrected chi connectivity index (χ1v) is 13.5. The van der Waals surface area contributed by atoms with Gasteiger partial charge in [0.05, 0.1) is 25.4 Å². The molecule has 1 fully saturated rings. The SMILES string of the molecule is CCOC(=O)CNC(=O)Nc1ccc(C2OC(CN(C)Cc3ccccc3)CC(c3ccc(CO)cc3)O2)cc1. The van der Waals surface area contributed by atoms with Gasteiger partial charge in [0, 0.05) is 30.8 Å². The number of nitrogens with zero attached hydrogens (tertiary/aromatic N) is 1. The Labute approximate surface area is 235 Å². The number of benzene rings is 3. The van der Waals surface area contributed by atoms with E-state index >= 15 is 0 Å². The first-order chi connectivity index (χ1) is 19.4. The number of ether oxygens (including phenoxy) is 3. The third-order valence-corrected chi connectivity index (χ3v) is 6.56. The van der Waals surface area contributed by atoms with E-state index in [9.17, 15) is 14.7 Å². The molecule has 0 aliphatic carbocycles. The fourth-order valence-corrected chi connectivity index (χ4v) is 4.60. The summed E-state index contributed by atoms with van der Waals surface area (Å²) < 4.78 is 17.7. The summed E-state index contributed by atoms with van der Waals surface area (Å²) in [5, 5.41) is 14.6. The van der Waals surface area contributed by atoms with E-state index in [2.05, 4.69) is 34.7 Å². The number of nitrogens with one attached hydrogen (secondary N) is 2. The number of amides is 2. The van der Waals surface area contributed by atoms with Crippen LogP contribution in [0.1, 0.15) is 48.0 Å². The number of esters is 1. The Bertz CT molecular complexity index is 1220. The number of aliphatic hydroxyl groups excluding tert-OH is 1. The van der Waals surface area contributed by atoms with Crippen LogP contribution in [0.15, 0.2) is 78.9 Å². The second-order valence-electron chi connectivity index (χ2n) is 9.77. The summed E-state index contributed by atoms with van der Waals surface area (Å²) in [6.07, 6.45) is -0.179. The molecule has 1 aliphatic rings. The highest BCUT2D eigenvalue weighted by Crippen LogP contribution is 2.38. The highest BCUT2D eigenvalue weighted by atomic mass is 16.7. The molecular formula is C31H37N3O6. The Morgan fingerprint density at radius 3 is 2.33 bits per heavy atom. The van der Waals surface area contributed by atoms with Crippen molar-refractivity contribution >= 4 is 17.7 Å². The average molecular weight is 548 g/mol. The van der Waals surface area contributed by atoms with E-state index in [0.717, 1.165) is 29.8 Å². The number of urea groups is 1. The molecule has 3 unspecified atom stereocenters. The van der Waals surface area contributed by atoms with Crippen molar-refractivity contribution in [3.8, 4) is 0 Å². The van der Waals surface area contributed by atoms with Crippen LogP contribution in [0.5, 0.6) is 0 Å². The Morgan fingerprint density at radius 1 is 0.950 bits per heavy atom. The van der Waals surface area contributed by atoms with Gasteiger partial charge in [0.2, 0.25) is 0 Å². The smallest absolute Gasteiger partial charge is 0.325 e. The van der Waals surface area contributed by atoms with Crippen LogP contribution >= 0.6 is 0 Å². The first-order valence-electron chi connectivity index (χ1n) is 13.5. The number of carbonyl (C=O) groups is 2. The third-order valence-electron chi connectivity index (χ3n) is 6.56. The van der Waals surface area contributed by atoms with Crippen LogP contribution in [0.4, 0.5) is 10.5 Å². The minimum absolute atomic E-state index is 0.00826. The molecule has 0 bridgehead atoms. The lowest BCUT2D eigenvalue weighted by Gasteiger charge is -2.38. The van der Waals surface area contributed by atoms with Crippen LogP contribution in [0.2, 0.25) is 0 Å². The first kappa shape index (κ1) is 29.2. The van der Waals surface area contributed by atoms with Crippen LogP contribution in [0.25, 0.3) is 0 Å². The molecule has 0 spiro atoms. The molecule has 4 rings (SSSR count). The summed E-state index contributed by atoms with van der Waals surface area (Å²) in [4.78, 5) is 25.8. The predicted octanol–water partition coefficient (Wildman–Crippen LogP) is 4.54. The molecule has 3 atom stereocenters. The molecule has 3 aromatic rings. The van der Waals surface area contributed by atoms with E-state index < -0.39 is 18.3 Å². The van der Waals surface area contributed by atoms with E-state index in [0.29, 0.717) is 12.1 Å². The van der Waals surface area contributed by atoms with E-state index in [1.54, 1.807) is 19.1 Å². The molecule has 9 nitrogen and oxygen atoms in total. The van der Waals surface area contributed by atoms with Gasteiger partial charge in [0.15, 0.2) is 6.29 Å². The van der Waals surface area contributed by atoms with Crippen molar-refractivity contribution in [3.05, 3.63) is 101 Å². The largest absolute Gasteiger partial charge is 0.465 e. The second-order valence-corrected chi connectivity index (χ2v) is 9.77. The van der Waals surface area contributed by atoms with Crippen molar-refractivity contribution < 1.29 is 28.9 Å². The lowest BCUT2D eigenvalue weighted by atomic mass is 9.99. The second kappa shape index (κ2) is 14.6. The Hall–Kier alpha value is -3.76. The minimum atomic E-state index is -0.599. The number of aliphatic hydroxyl groups is 1. The van der Waals surface area contributed by atoms with Gasteiger partial charge in [0.25, 0.3) is 0 Å². The molecular weight excluding hydrogens is 510 g/mol. The quantitative estimate of drug-likeness (QED) is 0.303. The standard InChI is InChI=1S/C31H37N3O6/c1-3-38-29(36)18-32-31(37)33-26-15-13-25(14-16-26)30-39-27(20-34(2)19-22-7-5-4-6-8-22)17-28(40-30)24-11-9-23(21-35)10-12-24/h4-16,27-28,30,35H,3,17-21H2,1-2H3,(H2,32,33,37). The summed E-state index contributed by atoms with van der Waals surface area (Å²) >= 11 is 0. The van der Waals surface area contributed by atoms with Gasteiger partial charge in [-0.3, -0.25) is 9.69 Å². The average Bonchev–Trinajstić information content (AvgIpc) is 2.97. The number of rotatable bonds is 11. The van der Waals surface area contributed by atoms with Gasteiger partial charge >= 0.3 is 12.0 Å². The van der Waals surface area contributed by atoms with Crippen LogP contribution in [-0.4, -0.2) is 54.9 Å². The van der Waals surface area contributed by atoms with Crippen LogP contribution in [0, 0.1) is 0 Å². The Morgan fingerprint density at radius 2 is 1.65 bits per heavy atom. The van der Waals surface area contributed by atoms with E-state index in [1.165, 1.54) is 5.56 Å². The predicted molar refractivity (Wildman–Crippen MR) is 151 cm³/mol. The molecule has 1 aliphatic heterocycles. The molecule has 1 heterocycles. The molecule has 9 heteroatoms. The zero-order chi connectivity index (χ0) is 28.3. The summed E-state index contributed by atoms with van der Waals surface area (Å²) in [6.45, 7) is 3.28. The van der Waals surface area contributed by atoms with E-state index in [4.69, 9.17) is 14.2 Å². The van der Waals surface area contributed by atoms with Crippen LogP contribution in [-0.2, 0) is 32.2 Å². The van der Waals surface area contributed by atoms with Gasteiger partial charge in [-0.15, -0.1) is 0 Å². The van der Waals surface area contributed by atoms with Crippen LogP contribution in [0.3, 0.4) is 0 Å². The van der Waals surface area contributed by atoms with Gasteiger partial charge in [-0.1, -0.05) is 66.7 Å². The maximum absolute atomic E-state index is 12.1. The number of hydrogen-bond donors (Lipinski definition) is 3. The van der Waals surface area contributed by atoms with Gasteiger partial charge in [0.1, 0.15) is 6.54 Å². The number of hydrogen-bond acceptors (Lipinski definition) is 7. The molecule has 40 heavy (non-hydrogen) atoms. The summed E-state index contributed by atoms with van der Waals surface area (Å²) in [6, 6.07) is 24.9. The van der Waals surface area contributed by atoms with E-state index in [-0.39, 0.29) is 32.0 Å². The maximum atomic E-state index is 12.1. The number of anilines is 1. The molecule has 1 saturated heterocycles. The summed E-state index contributed by atoms with van der Waals surface area (Å²) in [5.74, 6) is -0.496. The number of carbonyl (C=O) groups excluding carboxylic acids is 2. The molecule has 0 saturated carbocycles. The highest BCUT2D eigenvalue weighted by Gasteiger charge is 2.32. The van der Waals surface area contributed by atoms with Crippen molar-refractivity contribution in [2.24, 2.45) is 0 Å². The molecule has 3 N–H and O–H groups in total. The Balaban J connectivity index is 1.43. The summed E-state index contributed by atoms with van der Waals surface area (Å²) in [7, 11) is 2.08. The molecule has 0 aromatic heterocycles. The van der Waals surface area contributed by atoms with Crippen molar-refractivity contribution in [2.45, 2.75) is 45.0 Å². The van der Waals surface area contributed by atoms with Gasteiger partial charge in [-0.25, -0.2) is 4.79 Å². The lowest BCUT2D eigenvalue weighted by molar-refractivity contribution is -0.252. The fraction of sp³-hybridized carbons (Fsp3) is 0.355. The van der Waals surface area contributed by atoms with Crippen molar-refractivity contribution in [1.82, 2.24) is 10.2 Å². The monoisotopic (exact) mass is 547 g/mol. The van der Waals surface area contributed by atoms with Crippen molar-refractivity contribution in [1.29, 1.82) is 0 Å². The number of likely N-dealkylation sites (N-methyl/N-ethyl adjacent to an activating group) is 1. The van der Waals surface area contributed by atoms with Gasteiger partial charge in [-0.2, -0.15) is 0 Å². The maximum Gasteiger partial charge on any atom is 0.325 e. The topological polar surface area (TPSA) is 109 Å². The fourth-order valence-electron chi connectivity index (χ4n) is 4.60. The van der Waals surface area contributed by atoms with E-state index in [1.807, 2.05) is 54.6 Å². The van der Waals surface area contributed by atoms with Gasteiger partial charge < -0.3 is 30.0 Å². The summed E-state index contributed by atoms with van der Waals surface area (Å²) in [5.41, 5.74) is 4.50. The molecule has 212 valence electrons. The minimum Gasteiger partial charge on any atom is -0.465 e. The zero-order valence-electron chi connectivity index (χ0n) is 22.9. The molecule has 0 radical (unpaired) electrons. The van der Waals surface area contributed by atoms with Crippen molar-refractivity contribution in [3.63, 3.8) is 0 Å². The van der Waals surface area contributed by atoms with Crippen LogP contribution < -0.4 is 10.6 Å². The van der Waals surface area contributed by atoms with Gasteiger partial charge in [-0.05, 0) is 42.8 Å². The normalized spacial score (nSPS) is 18.8. The van der Waals surface area contributed by atoms with Crippen molar-refractivity contribution in [2.75, 3.05) is 32.1 Å². The highest BCUT2D eigenvalue weighted by molar-refractivity contribution is 5.91. The zero-order valence-corrected chi connectivity index (χ0v) is 22.9. The lowest BCUT2D eigenvalue weighted by Crippen LogP contribution is -2.37. The molecule has 2 amide bonds. The molecule has 3 aromatic carbocycles. The third kappa shape index (κ3) is 8.62.